The van der Waals surface area contributed by atoms with Gasteiger partial charge in [-0.25, -0.2) is 0 Å². The monoisotopic (exact) mass is 353 g/mol. The van der Waals surface area contributed by atoms with E-state index < -0.39 is 0 Å². The Morgan fingerprint density at radius 1 is 1.30 bits per heavy atom. The van der Waals surface area contributed by atoms with Crippen LogP contribution in [0.15, 0.2) is 40.9 Å². The smallest absolute Gasteiger partial charge is 0.133 e. The van der Waals surface area contributed by atoms with Crippen molar-refractivity contribution in [3.8, 4) is 5.75 Å². The normalized spacial score (nSPS) is 12.2. The Labute approximate surface area is 133 Å². The predicted molar refractivity (Wildman–Crippen MR) is 87.5 cm³/mol. The summed E-state index contributed by atoms with van der Waals surface area (Å²) in [5, 5.41) is 0.757. The van der Waals surface area contributed by atoms with E-state index in [1.54, 1.807) is 7.11 Å². The molecule has 20 heavy (non-hydrogen) atoms. The Bertz CT molecular complexity index is 615. The maximum Gasteiger partial charge on any atom is 0.133 e. The van der Waals surface area contributed by atoms with Gasteiger partial charge in [0.1, 0.15) is 5.75 Å². The molecule has 2 N–H and O–H groups in total. The largest absolute Gasteiger partial charge is 0.496 e. The van der Waals surface area contributed by atoms with Gasteiger partial charge >= 0.3 is 0 Å². The SMILES string of the molecule is COc1ccc(CC(N)c2cccc(C)c2Cl)cc1Br. The van der Waals surface area contributed by atoms with Gasteiger partial charge < -0.3 is 10.5 Å². The van der Waals surface area contributed by atoms with Crippen LogP contribution < -0.4 is 10.5 Å². The molecule has 0 fully saturated rings. The topological polar surface area (TPSA) is 35.2 Å². The molecule has 4 heteroatoms. The molecule has 2 nitrogen and oxygen atoms in total. The van der Waals surface area contributed by atoms with Crippen LogP contribution in [0.2, 0.25) is 5.02 Å². The van der Waals surface area contributed by atoms with Crippen LogP contribution in [0.4, 0.5) is 0 Å². The quantitative estimate of drug-likeness (QED) is 0.866. The zero-order chi connectivity index (χ0) is 14.7. The molecule has 0 spiro atoms. The Kier molecular flexibility index (Phi) is 5.08. The first-order chi connectivity index (χ1) is 9.52. The molecule has 0 aliphatic carbocycles. The molecule has 2 rings (SSSR count). The predicted octanol–water partition coefficient (Wildman–Crippen LogP) is 4.66. The van der Waals surface area contributed by atoms with Crippen molar-refractivity contribution in [3.05, 3.63) is 62.6 Å². The molecule has 0 aliphatic heterocycles. The summed E-state index contributed by atoms with van der Waals surface area (Å²) in [4.78, 5) is 0. The zero-order valence-electron chi connectivity index (χ0n) is 11.5. The Balaban J connectivity index is 2.21. The van der Waals surface area contributed by atoms with Gasteiger partial charge in [-0.05, 0) is 58.1 Å². The first-order valence-electron chi connectivity index (χ1n) is 6.36. The van der Waals surface area contributed by atoms with Crippen molar-refractivity contribution >= 4 is 27.5 Å². The Morgan fingerprint density at radius 3 is 2.70 bits per heavy atom. The van der Waals surface area contributed by atoms with Gasteiger partial charge in [0.2, 0.25) is 0 Å². The van der Waals surface area contributed by atoms with E-state index in [1.165, 1.54) is 0 Å². The third kappa shape index (κ3) is 3.35. The molecule has 1 atom stereocenters. The summed E-state index contributed by atoms with van der Waals surface area (Å²) in [6.07, 6.45) is 0.728. The molecule has 0 saturated heterocycles. The van der Waals surface area contributed by atoms with Crippen molar-refractivity contribution in [3.63, 3.8) is 0 Å². The van der Waals surface area contributed by atoms with Crippen molar-refractivity contribution in [2.24, 2.45) is 5.73 Å². The summed E-state index contributed by atoms with van der Waals surface area (Å²) in [7, 11) is 1.65. The summed E-state index contributed by atoms with van der Waals surface area (Å²) >= 11 is 9.81. The highest BCUT2D eigenvalue weighted by molar-refractivity contribution is 9.10. The molecule has 2 aromatic carbocycles. The lowest BCUT2D eigenvalue weighted by molar-refractivity contribution is 0.412. The van der Waals surface area contributed by atoms with Gasteiger partial charge in [0.05, 0.1) is 11.6 Å². The number of hydrogen-bond donors (Lipinski definition) is 1. The fourth-order valence-electron chi connectivity index (χ4n) is 2.16. The maximum atomic E-state index is 6.32. The lowest BCUT2D eigenvalue weighted by atomic mass is 9.98. The fourth-order valence-corrected chi connectivity index (χ4v) is 3.01. The van der Waals surface area contributed by atoms with Gasteiger partial charge in [0, 0.05) is 11.1 Å². The van der Waals surface area contributed by atoms with Crippen LogP contribution in [-0.2, 0) is 6.42 Å². The first-order valence-corrected chi connectivity index (χ1v) is 7.53. The highest BCUT2D eigenvalue weighted by atomic mass is 79.9. The number of rotatable bonds is 4. The Morgan fingerprint density at radius 2 is 2.05 bits per heavy atom. The van der Waals surface area contributed by atoms with Gasteiger partial charge in [0.25, 0.3) is 0 Å². The van der Waals surface area contributed by atoms with Crippen molar-refractivity contribution in [1.82, 2.24) is 0 Å². The van der Waals surface area contributed by atoms with Crippen LogP contribution in [0.1, 0.15) is 22.7 Å². The number of aryl methyl sites for hydroxylation is 1. The van der Waals surface area contributed by atoms with Gasteiger partial charge in [-0.15, -0.1) is 0 Å². The van der Waals surface area contributed by atoms with Gasteiger partial charge in [0.15, 0.2) is 0 Å². The molecule has 2 aromatic rings. The minimum absolute atomic E-state index is 0.123. The highest BCUT2D eigenvalue weighted by Gasteiger charge is 2.13. The first kappa shape index (κ1) is 15.4. The lowest BCUT2D eigenvalue weighted by Crippen LogP contribution is -2.14. The second-order valence-corrected chi connectivity index (χ2v) is 5.99. The molecular formula is C16H17BrClNO. The van der Waals surface area contributed by atoms with E-state index in [2.05, 4.69) is 15.9 Å². The third-order valence-corrected chi connectivity index (χ3v) is 4.43. The van der Waals surface area contributed by atoms with E-state index in [0.717, 1.165) is 38.4 Å². The maximum absolute atomic E-state index is 6.32. The van der Waals surface area contributed by atoms with Crippen molar-refractivity contribution in [2.45, 2.75) is 19.4 Å². The third-order valence-electron chi connectivity index (χ3n) is 3.29. The van der Waals surface area contributed by atoms with Crippen LogP contribution in [-0.4, -0.2) is 7.11 Å². The minimum atomic E-state index is -0.123. The van der Waals surface area contributed by atoms with Crippen molar-refractivity contribution in [2.75, 3.05) is 7.11 Å². The summed E-state index contributed by atoms with van der Waals surface area (Å²) in [6, 6.07) is 11.8. The lowest BCUT2D eigenvalue weighted by Gasteiger charge is -2.16. The van der Waals surface area contributed by atoms with Crippen LogP contribution in [0.25, 0.3) is 0 Å². The number of hydrogen-bond acceptors (Lipinski definition) is 2. The van der Waals surface area contributed by atoms with Crippen LogP contribution in [0.5, 0.6) is 5.75 Å². The molecular weight excluding hydrogens is 338 g/mol. The summed E-state index contributed by atoms with van der Waals surface area (Å²) in [6.45, 7) is 1.99. The number of halogens is 2. The fraction of sp³-hybridized carbons (Fsp3) is 0.250. The molecule has 0 amide bonds. The molecule has 0 saturated carbocycles. The molecule has 0 heterocycles. The Hall–Kier alpha value is -1.03. The van der Waals surface area contributed by atoms with Crippen LogP contribution >= 0.6 is 27.5 Å². The van der Waals surface area contributed by atoms with Crippen molar-refractivity contribution < 1.29 is 4.74 Å². The average Bonchev–Trinajstić information content (AvgIpc) is 2.42. The van der Waals surface area contributed by atoms with Crippen LogP contribution in [0.3, 0.4) is 0 Å². The van der Waals surface area contributed by atoms with Gasteiger partial charge in [-0.2, -0.15) is 0 Å². The van der Waals surface area contributed by atoms with Crippen LogP contribution in [0, 0.1) is 6.92 Å². The molecule has 0 radical (unpaired) electrons. The molecule has 106 valence electrons. The second-order valence-electron chi connectivity index (χ2n) is 4.76. The standard InChI is InChI=1S/C16H17BrClNO/c1-10-4-3-5-12(16(10)18)14(19)9-11-6-7-15(20-2)13(17)8-11/h3-8,14H,9,19H2,1-2H3. The highest BCUT2D eigenvalue weighted by Crippen LogP contribution is 2.30. The second kappa shape index (κ2) is 6.61. The molecule has 0 bridgehead atoms. The van der Waals surface area contributed by atoms with E-state index in [9.17, 15) is 0 Å². The molecule has 0 aliphatic rings. The minimum Gasteiger partial charge on any atom is -0.496 e. The van der Waals surface area contributed by atoms with Gasteiger partial charge in [-0.3, -0.25) is 0 Å². The van der Waals surface area contributed by atoms with E-state index in [0.29, 0.717) is 0 Å². The van der Waals surface area contributed by atoms with E-state index in [4.69, 9.17) is 22.1 Å². The van der Waals surface area contributed by atoms with E-state index >= 15 is 0 Å². The molecule has 0 aromatic heterocycles. The average molecular weight is 355 g/mol. The van der Waals surface area contributed by atoms with E-state index in [-0.39, 0.29) is 6.04 Å². The number of benzene rings is 2. The number of nitrogens with two attached hydrogens (primary N) is 1. The summed E-state index contributed by atoms with van der Waals surface area (Å²) in [5.41, 5.74) is 9.46. The number of methoxy groups -OCH3 is 1. The summed E-state index contributed by atoms with van der Waals surface area (Å²) < 4.78 is 6.16. The van der Waals surface area contributed by atoms with E-state index in [1.807, 2.05) is 43.3 Å². The van der Waals surface area contributed by atoms with Crippen molar-refractivity contribution in [1.29, 1.82) is 0 Å². The van der Waals surface area contributed by atoms with Gasteiger partial charge in [-0.1, -0.05) is 35.9 Å². The zero-order valence-corrected chi connectivity index (χ0v) is 13.8. The molecule has 1 unspecified atom stereocenters. The number of ether oxygens (including phenoxy) is 1. The summed E-state index contributed by atoms with van der Waals surface area (Å²) in [5.74, 6) is 0.816.